The number of carbonyl (C=O) groups excluding carboxylic acids is 2. The first-order valence-electron chi connectivity index (χ1n) is 10.6. The number of hydrogen-bond acceptors (Lipinski definition) is 5. The molecule has 2 atom stereocenters. The van der Waals surface area contributed by atoms with Crippen molar-refractivity contribution in [3.05, 3.63) is 47.0 Å². The van der Waals surface area contributed by atoms with Gasteiger partial charge in [-0.15, -0.1) is 0 Å². The molecule has 10 heteroatoms. The molecule has 4 heterocycles. The van der Waals surface area contributed by atoms with Crippen molar-refractivity contribution >= 4 is 51.7 Å². The topological polar surface area (TPSA) is 92.2 Å². The van der Waals surface area contributed by atoms with Crippen LogP contribution in [-0.2, 0) is 9.59 Å². The molecule has 2 saturated heterocycles. The Balaban J connectivity index is 1.47. The lowest BCUT2D eigenvalue weighted by molar-refractivity contribution is -0.127. The van der Waals surface area contributed by atoms with Gasteiger partial charge in [-0.2, -0.15) is 0 Å². The molecule has 1 aromatic carbocycles. The predicted molar refractivity (Wildman–Crippen MR) is 123 cm³/mol. The molecule has 166 valence electrons. The van der Waals surface area contributed by atoms with E-state index in [4.69, 9.17) is 28.2 Å². The number of pyridine rings is 1. The number of hydrogen-bond donors (Lipinski definition) is 2. The number of carbonyl (C=O) groups is 2. The van der Waals surface area contributed by atoms with Gasteiger partial charge in [-0.25, -0.2) is 9.97 Å². The van der Waals surface area contributed by atoms with Gasteiger partial charge in [-0.1, -0.05) is 23.2 Å². The highest BCUT2D eigenvalue weighted by Gasteiger charge is 2.31. The van der Waals surface area contributed by atoms with Crippen LogP contribution >= 0.6 is 23.2 Å². The molecule has 0 spiro atoms. The van der Waals surface area contributed by atoms with Gasteiger partial charge in [0.1, 0.15) is 11.9 Å². The number of fused-ring (bicyclic) bond motifs is 1. The lowest BCUT2D eigenvalue weighted by atomic mass is 10.1. The van der Waals surface area contributed by atoms with E-state index in [0.29, 0.717) is 34.9 Å². The molecular weight excluding hydrogens is 451 g/mol. The molecule has 3 aromatic rings. The fourth-order valence-electron chi connectivity index (χ4n) is 4.51. The number of aromatic nitrogens is 3. The Labute approximate surface area is 194 Å². The van der Waals surface area contributed by atoms with Gasteiger partial charge in [-0.05, 0) is 31.4 Å². The average Bonchev–Trinajstić information content (AvgIpc) is 3.54. The van der Waals surface area contributed by atoms with Crippen molar-refractivity contribution in [3.63, 3.8) is 0 Å². The van der Waals surface area contributed by atoms with Crippen LogP contribution in [0.1, 0.15) is 25.7 Å². The Hall–Kier alpha value is -2.84. The monoisotopic (exact) mass is 472 g/mol. The lowest BCUT2D eigenvalue weighted by Crippen LogP contribution is -2.43. The summed E-state index contributed by atoms with van der Waals surface area (Å²) in [5.74, 6) is 0.495. The molecule has 2 amide bonds. The zero-order valence-corrected chi connectivity index (χ0v) is 18.7. The van der Waals surface area contributed by atoms with Gasteiger partial charge in [-0.3, -0.25) is 9.59 Å². The standard InChI is InChI=1S/C22H22Cl2N6O2/c23-15-4-3-14-17(29-9-7-25-12-29)11-18(28-21(14)20(15)24)30-8-1-2-13(30)10-19(31)27-16-5-6-26-22(16)32/h3-4,7,9,11-13,16H,1-2,5-6,8,10H2,(H,26,32)(H,27,31)/t13-,16?/m0/s1. The van der Waals surface area contributed by atoms with Crippen LogP contribution in [0.4, 0.5) is 5.82 Å². The van der Waals surface area contributed by atoms with Crippen molar-refractivity contribution in [2.24, 2.45) is 0 Å². The van der Waals surface area contributed by atoms with Crippen LogP contribution in [0.25, 0.3) is 16.6 Å². The molecule has 2 aliphatic rings. The summed E-state index contributed by atoms with van der Waals surface area (Å²) >= 11 is 12.8. The zero-order valence-electron chi connectivity index (χ0n) is 17.2. The molecule has 0 radical (unpaired) electrons. The summed E-state index contributed by atoms with van der Waals surface area (Å²) in [6.07, 6.45) is 8.04. The van der Waals surface area contributed by atoms with Crippen LogP contribution in [0, 0.1) is 0 Å². The van der Waals surface area contributed by atoms with Gasteiger partial charge in [0, 0.05) is 49.4 Å². The van der Waals surface area contributed by atoms with E-state index in [2.05, 4.69) is 20.5 Å². The highest BCUT2D eigenvalue weighted by atomic mass is 35.5. The van der Waals surface area contributed by atoms with E-state index in [-0.39, 0.29) is 17.9 Å². The number of imidazole rings is 1. The maximum Gasteiger partial charge on any atom is 0.242 e. The van der Waals surface area contributed by atoms with Crippen LogP contribution in [0.3, 0.4) is 0 Å². The molecule has 0 bridgehead atoms. The molecule has 2 N–H and O–H groups in total. The van der Waals surface area contributed by atoms with E-state index in [1.165, 1.54) is 0 Å². The molecular formula is C22H22Cl2N6O2. The molecule has 0 aliphatic carbocycles. The second-order valence-corrected chi connectivity index (χ2v) is 8.91. The Morgan fingerprint density at radius 3 is 2.91 bits per heavy atom. The Morgan fingerprint density at radius 1 is 1.28 bits per heavy atom. The maximum atomic E-state index is 12.7. The van der Waals surface area contributed by atoms with Crippen molar-refractivity contribution in [2.75, 3.05) is 18.0 Å². The highest BCUT2D eigenvalue weighted by Crippen LogP contribution is 2.36. The van der Waals surface area contributed by atoms with E-state index in [1.54, 1.807) is 18.6 Å². The average molecular weight is 473 g/mol. The van der Waals surface area contributed by atoms with Gasteiger partial charge in [0.25, 0.3) is 0 Å². The Morgan fingerprint density at radius 2 is 2.16 bits per heavy atom. The largest absolute Gasteiger partial charge is 0.354 e. The minimum atomic E-state index is -0.440. The van der Waals surface area contributed by atoms with Crippen molar-refractivity contribution in [2.45, 2.75) is 37.8 Å². The minimum Gasteiger partial charge on any atom is -0.354 e. The lowest BCUT2D eigenvalue weighted by Gasteiger charge is -2.27. The van der Waals surface area contributed by atoms with Crippen LogP contribution < -0.4 is 15.5 Å². The van der Waals surface area contributed by atoms with Gasteiger partial charge < -0.3 is 20.1 Å². The maximum absolute atomic E-state index is 12.7. The Bertz CT molecular complexity index is 1180. The molecule has 5 rings (SSSR count). The molecule has 2 aromatic heterocycles. The summed E-state index contributed by atoms with van der Waals surface area (Å²) in [6.45, 7) is 1.38. The third kappa shape index (κ3) is 3.89. The van der Waals surface area contributed by atoms with Gasteiger partial charge in [0.15, 0.2) is 0 Å². The fourth-order valence-corrected chi connectivity index (χ4v) is 4.87. The molecule has 0 saturated carbocycles. The van der Waals surface area contributed by atoms with Crippen molar-refractivity contribution in [3.8, 4) is 5.69 Å². The van der Waals surface area contributed by atoms with E-state index in [9.17, 15) is 9.59 Å². The second-order valence-electron chi connectivity index (χ2n) is 8.12. The Kier molecular flexibility index (Phi) is 5.65. The molecule has 2 fully saturated rings. The van der Waals surface area contributed by atoms with Crippen LogP contribution in [0.15, 0.2) is 36.9 Å². The number of amides is 2. The van der Waals surface area contributed by atoms with E-state index >= 15 is 0 Å². The van der Waals surface area contributed by atoms with Gasteiger partial charge >= 0.3 is 0 Å². The molecule has 8 nitrogen and oxygen atoms in total. The van der Waals surface area contributed by atoms with Crippen molar-refractivity contribution in [1.29, 1.82) is 0 Å². The quantitative estimate of drug-likeness (QED) is 0.595. The minimum absolute atomic E-state index is 0.0157. The van der Waals surface area contributed by atoms with E-state index in [1.807, 2.05) is 22.9 Å². The first-order valence-corrected chi connectivity index (χ1v) is 11.4. The number of anilines is 1. The summed E-state index contributed by atoms with van der Waals surface area (Å²) in [7, 11) is 0. The predicted octanol–water partition coefficient (Wildman–Crippen LogP) is 3.09. The van der Waals surface area contributed by atoms with Crippen molar-refractivity contribution < 1.29 is 9.59 Å². The highest BCUT2D eigenvalue weighted by molar-refractivity contribution is 6.45. The van der Waals surface area contributed by atoms with Crippen LogP contribution in [0.5, 0.6) is 0 Å². The molecule has 1 unspecified atom stereocenters. The summed E-state index contributed by atoms with van der Waals surface area (Å²) in [6, 6.07) is 5.20. The summed E-state index contributed by atoms with van der Waals surface area (Å²) < 4.78 is 1.91. The second kappa shape index (κ2) is 8.60. The SMILES string of the molecule is O=C(C[C@@H]1CCCN1c1cc(-n2ccnc2)c2ccc(Cl)c(Cl)c2n1)NC1CCNC1=O. The summed E-state index contributed by atoms with van der Waals surface area (Å²) in [4.78, 5) is 35.6. The smallest absolute Gasteiger partial charge is 0.242 e. The van der Waals surface area contributed by atoms with Gasteiger partial charge in [0.05, 0.1) is 27.6 Å². The number of nitrogens with one attached hydrogen (secondary N) is 2. The molecule has 32 heavy (non-hydrogen) atoms. The number of benzene rings is 1. The van der Waals surface area contributed by atoms with Crippen LogP contribution in [-0.4, -0.2) is 51.5 Å². The zero-order chi connectivity index (χ0) is 22.2. The first-order chi connectivity index (χ1) is 15.5. The molecule has 2 aliphatic heterocycles. The first kappa shape index (κ1) is 21.0. The van der Waals surface area contributed by atoms with Crippen molar-refractivity contribution in [1.82, 2.24) is 25.2 Å². The van der Waals surface area contributed by atoms with E-state index < -0.39 is 6.04 Å². The number of rotatable bonds is 5. The van der Waals surface area contributed by atoms with Crippen LogP contribution in [0.2, 0.25) is 10.0 Å². The third-order valence-electron chi connectivity index (χ3n) is 6.10. The number of nitrogens with zero attached hydrogens (tertiary/aromatic N) is 4. The van der Waals surface area contributed by atoms with Gasteiger partial charge in [0.2, 0.25) is 11.8 Å². The number of halogens is 2. The summed E-state index contributed by atoms with van der Waals surface area (Å²) in [5, 5.41) is 7.30. The fraction of sp³-hybridized carbons (Fsp3) is 0.364. The summed E-state index contributed by atoms with van der Waals surface area (Å²) in [5.41, 5.74) is 1.50. The van der Waals surface area contributed by atoms with E-state index in [0.717, 1.165) is 36.3 Å². The normalized spacial score (nSPS) is 20.7. The third-order valence-corrected chi connectivity index (χ3v) is 6.89.